The summed E-state index contributed by atoms with van der Waals surface area (Å²) in [6.07, 6.45) is 1.77. The predicted molar refractivity (Wildman–Crippen MR) is 53.2 cm³/mol. The molecular formula is C9H9N3S. The number of hydrogen-bond acceptors (Lipinski definition) is 4. The van der Waals surface area contributed by atoms with Crippen molar-refractivity contribution in [3.05, 3.63) is 35.5 Å². The lowest BCUT2D eigenvalue weighted by atomic mass is 10.3. The summed E-state index contributed by atoms with van der Waals surface area (Å²) < 4.78 is 0. The molecule has 0 unspecified atom stereocenters. The van der Waals surface area contributed by atoms with Crippen LogP contribution < -0.4 is 5.73 Å². The number of aromatic nitrogens is 2. The summed E-state index contributed by atoms with van der Waals surface area (Å²) in [4.78, 5) is 8.53. The van der Waals surface area contributed by atoms with Crippen LogP contribution in [0, 0.1) is 0 Å². The fraction of sp³-hybridized carbons (Fsp3) is 0.111. The topological polar surface area (TPSA) is 51.8 Å². The Morgan fingerprint density at radius 1 is 1.38 bits per heavy atom. The van der Waals surface area contributed by atoms with E-state index in [1.165, 1.54) is 0 Å². The fourth-order valence-corrected chi connectivity index (χ4v) is 1.67. The monoisotopic (exact) mass is 191 g/mol. The quantitative estimate of drug-likeness (QED) is 0.785. The largest absolute Gasteiger partial charge is 0.325 e. The molecular weight excluding hydrogens is 182 g/mol. The van der Waals surface area contributed by atoms with Crippen molar-refractivity contribution >= 4 is 11.3 Å². The molecule has 2 aromatic rings. The van der Waals surface area contributed by atoms with Gasteiger partial charge in [-0.1, -0.05) is 6.07 Å². The highest BCUT2D eigenvalue weighted by molar-refractivity contribution is 7.13. The van der Waals surface area contributed by atoms with E-state index >= 15 is 0 Å². The third-order valence-corrected chi connectivity index (χ3v) is 2.46. The number of nitrogens with zero attached hydrogens (tertiary/aromatic N) is 2. The van der Waals surface area contributed by atoms with Crippen LogP contribution in [0.4, 0.5) is 0 Å². The molecule has 0 aliphatic rings. The predicted octanol–water partition coefficient (Wildman–Crippen LogP) is 1.66. The van der Waals surface area contributed by atoms with Crippen molar-refractivity contribution in [1.82, 2.24) is 9.97 Å². The highest BCUT2D eigenvalue weighted by Crippen LogP contribution is 2.18. The van der Waals surface area contributed by atoms with Crippen molar-refractivity contribution in [2.75, 3.05) is 0 Å². The molecule has 2 rings (SSSR count). The van der Waals surface area contributed by atoms with Gasteiger partial charge in [0.25, 0.3) is 0 Å². The molecule has 13 heavy (non-hydrogen) atoms. The Balaban J connectivity index is 2.41. The van der Waals surface area contributed by atoms with E-state index < -0.39 is 0 Å². The molecule has 0 bridgehead atoms. The molecule has 66 valence electrons. The second kappa shape index (κ2) is 3.64. The zero-order valence-corrected chi connectivity index (χ0v) is 7.79. The van der Waals surface area contributed by atoms with Crippen LogP contribution in [0.2, 0.25) is 0 Å². The van der Waals surface area contributed by atoms with Crippen LogP contribution in [-0.2, 0) is 6.54 Å². The van der Waals surface area contributed by atoms with E-state index in [2.05, 4.69) is 9.97 Å². The molecule has 0 fully saturated rings. The van der Waals surface area contributed by atoms with Gasteiger partial charge in [0, 0.05) is 18.1 Å². The number of hydrogen-bond donors (Lipinski definition) is 1. The van der Waals surface area contributed by atoms with E-state index in [-0.39, 0.29) is 0 Å². The van der Waals surface area contributed by atoms with E-state index in [4.69, 9.17) is 5.73 Å². The highest BCUT2D eigenvalue weighted by Gasteiger charge is 2.01. The number of rotatable bonds is 2. The zero-order chi connectivity index (χ0) is 9.10. The molecule has 0 spiro atoms. The first-order chi connectivity index (χ1) is 6.40. The third kappa shape index (κ3) is 1.74. The second-order valence-electron chi connectivity index (χ2n) is 2.56. The van der Waals surface area contributed by atoms with Gasteiger partial charge >= 0.3 is 0 Å². The molecule has 0 saturated heterocycles. The summed E-state index contributed by atoms with van der Waals surface area (Å²) in [6.45, 7) is 0.471. The molecule has 0 aromatic carbocycles. The first-order valence-electron chi connectivity index (χ1n) is 3.96. The van der Waals surface area contributed by atoms with E-state index in [0.717, 1.165) is 16.4 Å². The maximum Gasteiger partial charge on any atom is 0.141 e. The summed E-state index contributed by atoms with van der Waals surface area (Å²) in [5.41, 5.74) is 7.29. The van der Waals surface area contributed by atoms with Crippen LogP contribution in [0.1, 0.15) is 5.69 Å². The summed E-state index contributed by atoms with van der Waals surface area (Å²) in [5.74, 6) is 0. The molecule has 0 amide bonds. The molecule has 4 heteroatoms. The maximum absolute atomic E-state index is 5.49. The minimum absolute atomic E-state index is 0.471. The standard InChI is InChI=1S/C9H9N3S/c10-6-7-2-1-3-8(12-7)9-11-4-5-13-9/h1-5H,6,10H2. The average molecular weight is 191 g/mol. The van der Waals surface area contributed by atoms with Gasteiger partial charge in [0.05, 0.1) is 11.4 Å². The summed E-state index contributed by atoms with van der Waals surface area (Å²) in [6, 6.07) is 5.81. The van der Waals surface area contributed by atoms with Crippen molar-refractivity contribution in [3.63, 3.8) is 0 Å². The molecule has 3 nitrogen and oxygen atoms in total. The summed E-state index contributed by atoms with van der Waals surface area (Å²) in [5, 5.41) is 2.88. The molecule has 0 radical (unpaired) electrons. The number of thiazole rings is 1. The van der Waals surface area contributed by atoms with E-state index in [1.807, 2.05) is 23.6 Å². The zero-order valence-electron chi connectivity index (χ0n) is 6.97. The van der Waals surface area contributed by atoms with E-state index in [1.54, 1.807) is 17.5 Å². The van der Waals surface area contributed by atoms with Gasteiger partial charge < -0.3 is 5.73 Å². The van der Waals surface area contributed by atoms with E-state index in [9.17, 15) is 0 Å². The Morgan fingerprint density at radius 2 is 2.31 bits per heavy atom. The molecule has 0 saturated carbocycles. The Kier molecular flexibility index (Phi) is 2.33. The first-order valence-corrected chi connectivity index (χ1v) is 4.84. The number of pyridine rings is 1. The second-order valence-corrected chi connectivity index (χ2v) is 3.45. The van der Waals surface area contributed by atoms with Gasteiger partial charge in [-0.25, -0.2) is 9.97 Å². The van der Waals surface area contributed by atoms with Crippen molar-refractivity contribution in [3.8, 4) is 10.7 Å². The smallest absolute Gasteiger partial charge is 0.141 e. The van der Waals surface area contributed by atoms with Crippen molar-refractivity contribution in [2.24, 2.45) is 5.73 Å². The minimum Gasteiger partial charge on any atom is -0.325 e. The van der Waals surface area contributed by atoms with Gasteiger partial charge in [-0.2, -0.15) is 0 Å². The van der Waals surface area contributed by atoms with Crippen LogP contribution in [0.5, 0.6) is 0 Å². The minimum atomic E-state index is 0.471. The molecule has 2 N–H and O–H groups in total. The van der Waals surface area contributed by atoms with Crippen molar-refractivity contribution < 1.29 is 0 Å². The normalized spacial score (nSPS) is 10.2. The van der Waals surface area contributed by atoms with E-state index in [0.29, 0.717) is 6.54 Å². The lowest BCUT2D eigenvalue weighted by molar-refractivity contribution is 0.993. The summed E-state index contributed by atoms with van der Waals surface area (Å²) >= 11 is 1.58. The Labute approximate surface area is 80.3 Å². The molecule has 2 heterocycles. The van der Waals surface area contributed by atoms with Gasteiger partial charge in [-0.05, 0) is 12.1 Å². The lowest BCUT2D eigenvalue weighted by Crippen LogP contribution is -1.99. The molecule has 0 atom stereocenters. The third-order valence-electron chi connectivity index (χ3n) is 1.67. The van der Waals surface area contributed by atoms with Gasteiger partial charge in [0.2, 0.25) is 0 Å². The maximum atomic E-state index is 5.49. The molecule has 0 aliphatic heterocycles. The Bertz CT molecular complexity index is 384. The Hall–Kier alpha value is -1.26. The summed E-state index contributed by atoms with van der Waals surface area (Å²) in [7, 11) is 0. The van der Waals surface area contributed by atoms with Crippen LogP contribution in [-0.4, -0.2) is 9.97 Å². The average Bonchev–Trinajstić information content (AvgIpc) is 2.71. The van der Waals surface area contributed by atoms with Gasteiger partial charge in [-0.3, -0.25) is 0 Å². The van der Waals surface area contributed by atoms with Crippen molar-refractivity contribution in [2.45, 2.75) is 6.54 Å². The molecule has 2 aromatic heterocycles. The van der Waals surface area contributed by atoms with Crippen LogP contribution >= 0.6 is 11.3 Å². The van der Waals surface area contributed by atoms with Crippen LogP contribution in [0.15, 0.2) is 29.8 Å². The first kappa shape index (κ1) is 8.34. The molecule has 0 aliphatic carbocycles. The SMILES string of the molecule is NCc1cccc(-c2nccs2)n1. The van der Waals surface area contributed by atoms with Gasteiger partial charge in [0.1, 0.15) is 5.01 Å². The van der Waals surface area contributed by atoms with Gasteiger partial charge in [0.15, 0.2) is 0 Å². The Morgan fingerprint density at radius 3 is 3.00 bits per heavy atom. The van der Waals surface area contributed by atoms with Gasteiger partial charge in [-0.15, -0.1) is 11.3 Å². The highest BCUT2D eigenvalue weighted by atomic mass is 32.1. The van der Waals surface area contributed by atoms with Crippen LogP contribution in [0.3, 0.4) is 0 Å². The fourth-order valence-electron chi connectivity index (χ4n) is 1.06. The lowest BCUT2D eigenvalue weighted by Gasteiger charge is -1.98. The van der Waals surface area contributed by atoms with Crippen molar-refractivity contribution in [1.29, 1.82) is 0 Å². The van der Waals surface area contributed by atoms with Crippen LogP contribution in [0.25, 0.3) is 10.7 Å². The number of nitrogens with two attached hydrogens (primary N) is 1.